The molecular formula is C19H16ClNO. The third kappa shape index (κ3) is 3.29. The molecule has 1 heterocycles. The molecule has 3 heteroatoms. The van der Waals surface area contributed by atoms with Crippen molar-refractivity contribution in [1.82, 2.24) is 4.57 Å². The fraction of sp³-hybridized carbons (Fsp3) is 0.105. The molecule has 110 valence electrons. The topological polar surface area (TPSA) is 22.0 Å². The molecule has 0 aliphatic heterocycles. The summed E-state index contributed by atoms with van der Waals surface area (Å²) >= 11 is 5.92. The van der Waals surface area contributed by atoms with Crippen LogP contribution in [0, 0.1) is 6.92 Å². The molecule has 2 nitrogen and oxygen atoms in total. The first kappa shape index (κ1) is 14.6. The first-order valence-corrected chi connectivity index (χ1v) is 7.51. The Morgan fingerprint density at radius 2 is 1.50 bits per heavy atom. The molecule has 0 aliphatic rings. The van der Waals surface area contributed by atoms with E-state index >= 15 is 0 Å². The van der Waals surface area contributed by atoms with Crippen molar-refractivity contribution in [2.45, 2.75) is 13.5 Å². The summed E-state index contributed by atoms with van der Waals surface area (Å²) in [6.07, 6.45) is 1.89. The van der Waals surface area contributed by atoms with Gasteiger partial charge in [-0.3, -0.25) is 4.79 Å². The van der Waals surface area contributed by atoms with Crippen LogP contribution in [-0.2, 0) is 6.54 Å². The zero-order valence-electron chi connectivity index (χ0n) is 12.3. The molecule has 3 rings (SSSR count). The molecule has 0 aliphatic carbocycles. The van der Waals surface area contributed by atoms with E-state index in [-0.39, 0.29) is 5.56 Å². The Kier molecular flexibility index (Phi) is 4.12. The highest BCUT2D eigenvalue weighted by molar-refractivity contribution is 6.30. The van der Waals surface area contributed by atoms with Gasteiger partial charge in [0.1, 0.15) is 0 Å². The summed E-state index contributed by atoms with van der Waals surface area (Å²) in [6, 6.07) is 19.3. The predicted molar refractivity (Wildman–Crippen MR) is 91.4 cm³/mol. The van der Waals surface area contributed by atoms with Crippen LogP contribution in [0.5, 0.6) is 0 Å². The summed E-state index contributed by atoms with van der Waals surface area (Å²) in [5.41, 5.74) is 4.37. The molecule has 0 fully saturated rings. The lowest BCUT2D eigenvalue weighted by molar-refractivity contribution is 0.761. The Labute approximate surface area is 134 Å². The maximum absolute atomic E-state index is 12.1. The second-order valence-electron chi connectivity index (χ2n) is 5.38. The quantitative estimate of drug-likeness (QED) is 0.697. The van der Waals surface area contributed by atoms with Crippen LogP contribution in [0.1, 0.15) is 11.1 Å². The Morgan fingerprint density at radius 1 is 0.864 bits per heavy atom. The Bertz CT molecular complexity index is 833. The van der Waals surface area contributed by atoms with Crippen molar-refractivity contribution in [3.8, 4) is 11.1 Å². The standard InChI is InChI=1S/C19H16ClNO/c1-14-2-4-15(5-3-14)12-21-13-17(8-11-19(21)22)16-6-9-18(20)10-7-16/h2-11,13H,12H2,1H3. The number of benzene rings is 2. The van der Waals surface area contributed by atoms with Crippen LogP contribution >= 0.6 is 11.6 Å². The smallest absolute Gasteiger partial charge is 0.250 e. The average molecular weight is 310 g/mol. The normalized spacial score (nSPS) is 10.6. The Hall–Kier alpha value is -2.32. The van der Waals surface area contributed by atoms with E-state index < -0.39 is 0 Å². The molecule has 0 saturated heterocycles. The highest BCUT2D eigenvalue weighted by Crippen LogP contribution is 2.20. The van der Waals surface area contributed by atoms with Crippen molar-refractivity contribution in [2.75, 3.05) is 0 Å². The Morgan fingerprint density at radius 3 is 2.18 bits per heavy atom. The molecule has 0 atom stereocenters. The van der Waals surface area contributed by atoms with Gasteiger partial charge in [0.2, 0.25) is 0 Å². The van der Waals surface area contributed by atoms with E-state index in [1.807, 2.05) is 36.5 Å². The van der Waals surface area contributed by atoms with Gasteiger partial charge in [-0.05, 0) is 41.8 Å². The van der Waals surface area contributed by atoms with Gasteiger partial charge in [0, 0.05) is 17.3 Å². The van der Waals surface area contributed by atoms with Gasteiger partial charge in [0.05, 0.1) is 6.54 Å². The monoisotopic (exact) mass is 309 g/mol. The van der Waals surface area contributed by atoms with Gasteiger partial charge in [0.25, 0.3) is 5.56 Å². The van der Waals surface area contributed by atoms with E-state index in [4.69, 9.17) is 11.6 Å². The lowest BCUT2D eigenvalue weighted by Crippen LogP contribution is -2.19. The van der Waals surface area contributed by atoms with E-state index in [2.05, 4.69) is 31.2 Å². The molecule has 0 amide bonds. The van der Waals surface area contributed by atoms with Crippen LogP contribution in [0.4, 0.5) is 0 Å². The van der Waals surface area contributed by atoms with E-state index in [1.54, 1.807) is 10.6 Å². The lowest BCUT2D eigenvalue weighted by atomic mass is 10.1. The SMILES string of the molecule is Cc1ccc(Cn2cc(-c3ccc(Cl)cc3)ccc2=O)cc1. The van der Waals surface area contributed by atoms with Gasteiger partial charge in [-0.1, -0.05) is 53.6 Å². The van der Waals surface area contributed by atoms with E-state index in [9.17, 15) is 4.79 Å². The van der Waals surface area contributed by atoms with Crippen molar-refractivity contribution < 1.29 is 0 Å². The van der Waals surface area contributed by atoms with Crippen molar-refractivity contribution in [1.29, 1.82) is 0 Å². The number of rotatable bonds is 3. The minimum atomic E-state index is -0.00158. The second-order valence-corrected chi connectivity index (χ2v) is 5.81. The predicted octanol–water partition coefficient (Wildman–Crippen LogP) is 4.53. The molecule has 0 radical (unpaired) electrons. The first-order valence-electron chi connectivity index (χ1n) is 7.14. The molecular weight excluding hydrogens is 294 g/mol. The molecule has 0 unspecified atom stereocenters. The van der Waals surface area contributed by atoms with Crippen LogP contribution in [0.2, 0.25) is 5.02 Å². The number of pyridine rings is 1. The zero-order valence-corrected chi connectivity index (χ0v) is 13.0. The number of nitrogens with zero attached hydrogens (tertiary/aromatic N) is 1. The van der Waals surface area contributed by atoms with Gasteiger partial charge >= 0.3 is 0 Å². The Balaban J connectivity index is 1.94. The summed E-state index contributed by atoms with van der Waals surface area (Å²) in [7, 11) is 0. The van der Waals surface area contributed by atoms with Gasteiger partial charge in [-0.25, -0.2) is 0 Å². The molecule has 0 saturated carbocycles. The lowest BCUT2D eigenvalue weighted by Gasteiger charge is -2.09. The molecule has 2 aromatic carbocycles. The maximum Gasteiger partial charge on any atom is 0.250 e. The maximum atomic E-state index is 12.1. The summed E-state index contributed by atoms with van der Waals surface area (Å²) in [5, 5.41) is 0.705. The number of aryl methyl sites for hydroxylation is 1. The van der Waals surface area contributed by atoms with Crippen molar-refractivity contribution in [2.24, 2.45) is 0 Å². The van der Waals surface area contributed by atoms with E-state index in [1.165, 1.54) is 5.56 Å². The summed E-state index contributed by atoms with van der Waals surface area (Å²) in [4.78, 5) is 12.1. The van der Waals surface area contributed by atoms with Gasteiger partial charge < -0.3 is 4.57 Å². The minimum Gasteiger partial charge on any atom is -0.310 e. The third-order valence-electron chi connectivity index (χ3n) is 3.63. The van der Waals surface area contributed by atoms with Crippen LogP contribution < -0.4 is 5.56 Å². The van der Waals surface area contributed by atoms with E-state index in [0.717, 1.165) is 16.7 Å². The molecule has 0 N–H and O–H groups in total. The van der Waals surface area contributed by atoms with Gasteiger partial charge in [-0.2, -0.15) is 0 Å². The van der Waals surface area contributed by atoms with Crippen molar-refractivity contribution in [3.05, 3.63) is 93.4 Å². The summed E-state index contributed by atoms with van der Waals surface area (Å²) < 4.78 is 1.73. The van der Waals surface area contributed by atoms with Crippen LogP contribution in [-0.4, -0.2) is 4.57 Å². The fourth-order valence-electron chi connectivity index (χ4n) is 2.36. The zero-order chi connectivity index (χ0) is 15.5. The molecule has 22 heavy (non-hydrogen) atoms. The molecule has 3 aromatic rings. The number of hydrogen-bond donors (Lipinski definition) is 0. The van der Waals surface area contributed by atoms with Gasteiger partial charge in [-0.15, -0.1) is 0 Å². The van der Waals surface area contributed by atoms with Crippen LogP contribution in [0.25, 0.3) is 11.1 Å². The molecule has 0 spiro atoms. The number of hydrogen-bond acceptors (Lipinski definition) is 1. The van der Waals surface area contributed by atoms with Crippen LogP contribution in [0.15, 0.2) is 71.7 Å². The largest absolute Gasteiger partial charge is 0.310 e. The first-order chi connectivity index (χ1) is 10.6. The summed E-state index contributed by atoms with van der Waals surface area (Å²) in [5.74, 6) is 0. The fourth-order valence-corrected chi connectivity index (χ4v) is 2.48. The highest BCUT2D eigenvalue weighted by atomic mass is 35.5. The highest BCUT2D eigenvalue weighted by Gasteiger charge is 2.03. The number of halogens is 1. The molecule has 0 bridgehead atoms. The van der Waals surface area contributed by atoms with Crippen molar-refractivity contribution in [3.63, 3.8) is 0 Å². The minimum absolute atomic E-state index is 0.00158. The van der Waals surface area contributed by atoms with E-state index in [0.29, 0.717) is 11.6 Å². The second kappa shape index (κ2) is 6.20. The third-order valence-corrected chi connectivity index (χ3v) is 3.89. The average Bonchev–Trinajstić information content (AvgIpc) is 2.52. The van der Waals surface area contributed by atoms with Crippen molar-refractivity contribution >= 4 is 11.6 Å². The molecule has 1 aromatic heterocycles. The van der Waals surface area contributed by atoms with Crippen LogP contribution in [0.3, 0.4) is 0 Å². The summed E-state index contributed by atoms with van der Waals surface area (Å²) in [6.45, 7) is 2.62. The number of aromatic nitrogens is 1. The van der Waals surface area contributed by atoms with Gasteiger partial charge in [0.15, 0.2) is 0 Å².